The number of carbonyl (C=O) groups excluding carboxylic acids is 1. The molecule has 1 aliphatic carbocycles. The van der Waals surface area contributed by atoms with Crippen molar-refractivity contribution in [3.63, 3.8) is 0 Å². The molecule has 8 nitrogen and oxygen atoms in total. The Hall–Kier alpha value is -1.93. The van der Waals surface area contributed by atoms with Crippen LogP contribution in [-0.2, 0) is 4.74 Å². The van der Waals surface area contributed by atoms with Gasteiger partial charge in [-0.25, -0.2) is 0 Å². The van der Waals surface area contributed by atoms with Crippen LogP contribution in [0.5, 0.6) is 0 Å². The zero-order valence-electron chi connectivity index (χ0n) is 10.0. The minimum atomic E-state index is -0.557. The molecule has 3 rings (SSSR count). The summed E-state index contributed by atoms with van der Waals surface area (Å²) in [6.07, 6.45) is 2.08. The summed E-state index contributed by atoms with van der Waals surface area (Å²) in [5.74, 6) is -0.0919. The topological polar surface area (TPSA) is 123 Å². The molecule has 2 heterocycles. The Balaban J connectivity index is 1.66. The van der Waals surface area contributed by atoms with Gasteiger partial charge >= 0.3 is 0 Å². The first-order valence-corrected chi connectivity index (χ1v) is 6.09. The Labute approximate surface area is 108 Å². The highest BCUT2D eigenvalue weighted by Gasteiger charge is 2.52. The monoisotopic (exact) mass is 266 g/mol. The first kappa shape index (κ1) is 12.1. The highest BCUT2D eigenvalue weighted by atomic mass is 16.6. The second-order valence-electron chi connectivity index (χ2n) is 4.89. The number of carbonyl (C=O) groups is 1. The van der Waals surface area contributed by atoms with Gasteiger partial charge in [0.2, 0.25) is 0 Å². The summed E-state index contributed by atoms with van der Waals surface area (Å²) in [6.45, 7) is 0.670. The molecule has 1 saturated carbocycles. The highest BCUT2D eigenvalue weighted by Crippen LogP contribution is 2.37. The number of hydrogen-bond donors (Lipinski definition) is 3. The van der Waals surface area contributed by atoms with Gasteiger partial charge < -0.3 is 20.8 Å². The molecule has 2 aliphatic rings. The molecule has 4 N–H and O–H groups in total. The molecule has 102 valence electrons. The van der Waals surface area contributed by atoms with Gasteiger partial charge in [-0.3, -0.25) is 14.9 Å². The lowest BCUT2D eigenvalue weighted by molar-refractivity contribution is -0.384. The molecule has 1 aromatic heterocycles. The quantitative estimate of drug-likeness (QED) is 0.515. The van der Waals surface area contributed by atoms with Crippen molar-refractivity contribution >= 4 is 11.6 Å². The van der Waals surface area contributed by atoms with Crippen LogP contribution in [0.2, 0.25) is 0 Å². The molecule has 1 aromatic rings. The van der Waals surface area contributed by atoms with E-state index in [1.54, 1.807) is 0 Å². The number of rotatable bonds is 3. The number of nitrogens with two attached hydrogens (primary N) is 1. The van der Waals surface area contributed by atoms with Crippen LogP contribution in [-0.4, -0.2) is 40.6 Å². The summed E-state index contributed by atoms with van der Waals surface area (Å²) in [5, 5.41) is 13.3. The van der Waals surface area contributed by atoms with Crippen LogP contribution in [0.1, 0.15) is 16.9 Å². The summed E-state index contributed by atoms with van der Waals surface area (Å²) in [4.78, 5) is 24.5. The Morgan fingerprint density at radius 3 is 3.11 bits per heavy atom. The third-order valence-electron chi connectivity index (χ3n) is 3.87. The lowest BCUT2D eigenvalue weighted by Crippen LogP contribution is -2.68. The second kappa shape index (κ2) is 4.32. The molecule has 0 radical (unpaired) electrons. The van der Waals surface area contributed by atoms with Crippen molar-refractivity contribution in [1.82, 2.24) is 10.3 Å². The number of aromatic amines is 1. The van der Waals surface area contributed by atoms with Crippen molar-refractivity contribution < 1.29 is 14.5 Å². The molecule has 1 saturated heterocycles. The minimum absolute atomic E-state index is 0.0242. The minimum Gasteiger partial charge on any atom is -0.376 e. The maximum atomic E-state index is 11.9. The Bertz CT molecular complexity index is 529. The molecule has 19 heavy (non-hydrogen) atoms. The number of nitrogens with zero attached hydrogens (tertiary/aromatic N) is 1. The number of amides is 1. The zero-order chi connectivity index (χ0) is 13.6. The molecule has 4 atom stereocenters. The Kier molecular flexibility index (Phi) is 2.76. The highest BCUT2D eigenvalue weighted by molar-refractivity contribution is 5.93. The van der Waals surface area contributed by atoms with Gasteiger partial charge in [-0.05, 0) is 6.42 Å². The van der Waals surface area contributed by atoms with Crippen molar-refractivity contribution in [2.75, 3.05) is 6.61 Å². The average Bonchev–Trinajstić information content (AvgIpc) is 3.02. The van der Waals surface area contributed by atoms with Gasteiger partial charge in [0.1, 0.15) is 5.69 Å². The van der Waals surface area contributed by atoms with E-state index < -0.39 is 10.8 Å². The van der Waals surface area contributed by atoms with Crippen LogP contribution < -0.4 is 11.1 Å². The van der Waals surface area contributed by atoms with Crippen molar-refractivity contribution in [3.05, 3.63) is 28.1 Å². The third-order valence-corrected chi connectivity index (χ3v) is 3.87. The van der Waals surface area contributed by atoms with E-state index in [0.29, 0.717) is 12.5 Å². The summed E-state index contributed by atoms with van der Waals surface area (Å²) in [7, 11) is 0. The summed E-state index contributed by atoms with van der Waals surface area (Å²) in [5.41, 5.74) is 5.99. The van der Waals surface area contributed by atoms with Crippen molar-refractivity contribution in [1.29, 1.82) is 0 Å². The van der Waals surface area contributed by atoms with E-state index in [4.69, 9.17) is 10.5 Å². The molecule has 0 aromatic carbocycles. The molecule has 8 heteroatoms. The van der Waals surface area contributed by atoms with E-state index >= 15 is 0 Å². The first-order valence-electron chi connectivity index (χ1n) is 6.09. The molecule has 2 fully saturated rings. The van der Waals surface area contributed by atoms with Gasteiger partial charge in [0, 0.05) is 24.6 Å². The van der Waals surface area contributed by atoms with Gasteiger partial charge in [0.05, 0.1) is 23.3 Å². The SMILES string of the molecule is NC1C2CCOC2C1NC(=O)c1cc([N+](=O)[O-])c[nH]1. The number of aromatic nitrogens is 1. The number of nitro groups is 1. The maximum absolute atomic E-state index is 11.9. The third kappa shape index (κ3) is 1.89. The fourth-order valence-electron chi connectivity index (χ4n) is 2.78. The predicted molar refractivity (Wildman–Crippen MR) is 64.5 cm³/mol. The van der Waals surface area contributed by atoms with Crippen LogP contribution in [0, 0.1) is 16.0 Å². The average molecular weight is 266 g/mol. The van der Waals surface area contributed by atoms with Gasteiger partial charge in [-0.2, -0.15) is 0 Å². The zero-order valence-corrected chi connectivity index (χ0v) is 10.0. The van der Waals surface area contributed by atoms with Crippen molar-refractivity contribution in [2.24, 2.45) is 11.7 Å². The smallest absolute Gasteiger partial charge is 0.287 e. The van der Waals surface area contributed by atoms with Crippen molar-refractivity contribution in [2.45, 2.75) is 24.6 Å². The lowest BCUT2D eigenvalue weighted by Gasteiger charge is -2.45. The van der Waals surface area contributed by atoms with E-state index in [1.807, 2.05) is 0 Å². The number of nitrogens with one attached hydrogen (secondary N) is 2. The normalized spacial score (nSPS) is 32.5. The standard InChI is InChI=1S/C11H14N4O4/c12-8-6-1-2-19-10(6)9(8)14-11(16)7-3-5(4-13-7)15(17)18/h3-4,6,8-10,13H,1-2,12H2,(H,14,16). The van der Waals surface area contributed by atoms with Gasteiger partial charge in [0.15, 0.2) is 0 Å². The summed E-state index contributed by atoms with van der Waals surface area (Å²) >= 11 is 0. The lowest BCUT2D eigenvalue weighted by atomic mass is 9.72. The molecular formula is C11H14N4O4. The summed E-state index contributed by atoms with van der Waals surface area (Å²) < 4.78 is 5.50. The Morgan fingerprint density at radius 1 is 1.63 bits per heavy atom. The fourth-order valence-corrected chi connectivity index (χ4v) is 2.78. The van der Waals surface area contributed by atoms with E-state index in [2.05, 4.69) is 10.3 Å². The van der Waals surface area contributed by atoms with E-state index in [9.17, 15) is 14.9 Å². The Morgan fingerprint density at radius 2 is 2.42 bits per heavy atom. The largest absolute Gasteiger partial charge is 0.376 e. The van der Waals surface area contributed by atoms with Gasteiger partial charge in [0.25, 0.3) is 11.6 Å². The molecule has 1 amide bonds. The summed E-state index contributed by atoms with van der Waals surface area (Å²) in [6, 6.07) is 0.871. The van der Waals surface area contributed by atoms with E-state index in [0.717, 1.165) is 6.42 Å². The molecule has 0 spiro atoms. The number of hydrogen-bond acceptors (Lipinski definition) is 5. The van der Waals surface area contributed by atoms with Gasteiger partial charge in [-0.15, -0.1) is 0 Å². The van der Waals surface area contributed by atoms with Crippen LogP contribution in [0.15, 0.2) is 12.3 Å². The predicted octanol–water partition coefficient (Wildman–Crippen LogP) is -0.233. The molecular weight excluding hydrogens is 252 g/mol. The molecule has 4 unspecified atom stereocenters. The first-order chi connectivity index (χ1) is 9.08. The van der Waals surface area contributed by atoms with Crippen LogP contribution in [0.3, 0.4) is 0 Å². The van der Waals surface area contributed by atoms with E-state index in [1.165, 1.54) is 12.3 Å². The fraction of sp³-hybridized carbons (Fsp3) is 0.545. The molecule has 0 bridgehead atoms. The van der Waals surface area contributed by atoms with Crippen molar-refractivity contribution in [3.8, 4) is 0 Å². The van der Waals surface area contributed by atoms with Crippen LogP contribution in [0.25, 0.3) is 0 Å². The maximum Gasteiger partial charge on any atom is 0.287 e. The molecule has 1 aliphatic heterocycles. The van der Waals surface area contributed by atoms with Crippen LogP contribution >= 0.6 is 0 Å². The van der Waals surface area contributed by atoms with Crippen LogP contribution in [0.4, 0.5) is 5.69 Å². The second-order valence-corrected chi connectivity index (χ2v) is 4.89. The van der Waals surface area contributed by atoms with E-state index in [-0.39, 0.29) is 29.6 Å². The number of ether oxygens (including phenoxy) is 1. The number of fused-ring (bicyclic) bond motifs is 1. The number of H-pyrrole nitrogens is 1. The van der Waals surface area contributed by atoms with Gasteiger partial charge in [-0.1, -0.05) is 0 Å².